The molecule has 1 fully saturated rings. The van der Waals surface area contributed by atoms with E-state index < -0.39 is 16.1 Å². The summed E-state index contributed by atoms with van der Waals surface area (Å²) in [6, 6.07) is 4.97. The molecule has 22 heavy (non-hydrogen) atoms. The number of hydrogen-bond acceptors (Lipinski definition) is 4. The fraction of sp³-hybridized carbons (Fsp3) is 0.533. The van der Waals surface area contributed by atoms with Crippen LogP contribution < -0.4 is 4.90 Å². The second-order valence-corrected chi connectivity index (χ2v) is 7.78. The largest absolute Gasteiger partial charge is 0.393 e. The standard InChI is InChI=1S/C15H20N2O4S/c1-11(18)17-9-4-12-10-14(2-3-15(12)17)22(20,21)16-7-5-13(19)6-8-16/h2-3,10,13,19H,4-9H2,1H3. The Balaban J connectivity index is 1.88. The van der Waals surface area contributed by atoms with E-state index in [1.807, 2.05) is 0 Å². The molecule has 7 heteroatoms. The van der Waals surface area contributed by atoms with Gasteiger partial charge in [0.25, 0.3) is 0 Å². The van der Waals surface area contributed by atoms with Crippen molar-refractivity contribution in [3.8, 4) is 0 Å². The first-order valence-electron chi connectivity index (χ1n) is 7.49. The normalized spacial score (nSPS) is 20.2. The molecule has 0 saturated carbocycles. The van der Waals surface area contributed by atoms with Gasteiger partial charge in [-0.15, -0.1) is 0 Å². The maximum Gasteiger partial charge on any atom is 0.243 e. The molecule has 6 nitrogen and oxygen atoms in total. The number of benzene rings is 1. The average molecular weight is 324 g/mol. The lowest BCUT2D eigenvalue weighted by Gasteiger charge is -2.28. The van der Waals surface area contributed by atoms with Gasteiger partial charge in [0.2, 0.25) is 15.9 Å². The number of piperidine rings is 1. The topological polar surface area (TPSA) is 77.9 Å². The summed E-state index contributed by atoms with van der Waals surface area (Å²) in [6.45, 7) is 2.81. The van der Waals surface area contributed by atoms with Crippen molar-refractivity contribution in [2.24, 2.45) is 0 Å². The van der Waals surface area contributed by atoms with Gasteiger partial charge in [0.05, 0.1) is 11.0 Å². The van der Waals surface area contributed by atoms with Gasteiger partial charge in [-0.25, -0.2) is 8.42 Å². The Labute approximate surface area is 130 Å². The Hall–Kier alpha value is -1.44. The molecule has 2 heterocycles. The molecule has 1 N–H and O–H groups in total. The van der Waals surface area contributed by atoms with Gasteiger partial charge in [-0.3, -0.25) is 4.79 Å². The summed E-state index contributed by atoms with van der Waals surface area (Å²) >= 11 is 0. The third kappa shape index (κ3) is 2.64. The first kappa shape index (κ1) is 15.5. The molecule has 0 aliphatic carbocycles. The molecule has 0 spiro atoms. The number of fused-ring (bicyclic) bond motifs is 1. The molecule has 0 radical (unpaired) electrons. The first-order chi connectivity index (χ1) is 10.4. The first-order valence-corrected chi connectivity index (χ1v) is 8.93. The summed E-state index contributed by atoms with van der Waals surface area (Å²) in [7, 11) is -3.53. The number of carbonyl (C=O) groups excluding carboxylic acids is 1. The van der Waals surface area contributed by atoms with Crippen molar-refractivity contribution >= 4 is 21.6 Å². The van der Waals surface area contributed by atoms with Crippen LogP contribution in [-0.4, -0.2) is 49.5 Å². The van der Waals surface area contributed by atoms with Crippen molar-refractivity contribution in [3.05, 3.63) is 23.8 Å². The van der Waals surface area contributed by atoms with Crippen LogP contribution in [0.3, 0.4) is 0 Å². The molecular weight excluding hydrogens is 304 g/mol. The highest BCUT2D eigenvalue weighted by atomic mass is 32.2. The average Bonchev–Trinajstić information content (AvgIpc) is 2.90. The molecule has 0 aromatic heterocycles. The minimum Gasteiger partial charge on any atom is -0.393 e. The van der Waals surface area contributed by atoms with E-state index in [0.717, 1.165) is 11.3 Å². The molecular formula is C15H20N2O4S. The van der Waals surface area contributed by atoms with E-state index in [0.29, 0.717) is 38.9 Å². The van der Waals surface area contributed by atoms with Crippen LogP contribution in [0.5, 0.6) is 0 Å². The maximum absolute atomic E-state index is 12.7. The van der Waals surface area contributed by atoms with Gasteiger partial charge in [0.1, 0.15) is 0 Å². The molecule has 2 aliphatic heterocycles. The van der Waals surface area contributed by atoms with E-state index in [9.17, 15) is 18.3 Å². The predicted octanol–water partition coefficient (Wildman–Crippen LogP) is 0.741. The van der Waals surface area contributed by atoms with Crippen molar-refractivity contribution in [1.82, 2.24) is 4.31 Å². The van der Waals surface area contributed by atoms with Gasteiger partial charge >= 0.3 is 0 Å². The summed E-state index contributed by atoms with van der Waals surface area (Å²) in [5.41, 5.74) is 1.70. The number of aliphatic hydroxyl groups is 1. The number of rotatable bonds is 2. The fourth-order valence-electron chi connectivity index (χ4n) is 3.10. The number of amides is 1. The molecule has 0 bridgehead atoms. The molecule has 0 unspecified atom stereocenters. The number of hydrogen-bond donors (Lipinski definition) is 1. The zero-order chi connectivity index (χ0) is 15.9. The second kappa shape index (κ2) is 5.64. The lowest BCUT2D eigenvalue weighted by molar-refractivity contribution is -0.116. The van der Waals surface area contributed by atoms with Crippen molar-refractivity contribution in [2.75, 3.05) is 24.5 Å². The van der Waals surface area contributed by atoms with E-state index in [1.54, 1.807) is 23.1 Å². The summed E-state index contributed by atoms with van der Waals surface area (Å²) in [6.07, 6.45) is 1.22. The highest BCUT2D eigenvalue weighted by Gasteiger charge is 2.30. The minimum absolute atomic E-state index is 0.0284. The maximum atomic E-state index is 12.7. The number of carbonyl (C=O) groups is 1. The molecule has 1 amide bonds. The van der Waals surface area contributed by atoms with Gasteiger partial charge in [-0.05, 0) is 43.0 Å². The van der Waals surface area contributed by atoms with Gasteiger partial charge in [0.15, 0.2) is 0 Å². The summed E-state index contributed by atoms with van der Waals surface area (Å²) in [5.74, 6) is -0.0284. The SMILES string of the molecule is CC(=O)N1CCc2cc(S(=O)(=O)N3CCC(O)CC3)ccc21. The van der Waals surface area contributed by atoms with Crippen molar-refractivity contribution in [3.63, 3.8) is 0 Å². The van der Waals surface area contributed by atoms with Crippen molar-refractivity contribution in [1.29, 1.82) is 0 Å². The van der Waals surface area contributed by atoms with Crippen LogP contribution >= 0.6 is 0 Å². The minimum atomic E-state index is -3.53. The van der Waals surface area contributed by atoms with Crippen molar-refractivity contribution < 1.29 is 18.3 Å². The number of aliphatic hydroxyl groups excluding tert-OH is 1. The van der Waals surface area contributed by atoms with Crippen LogP contribution in [0, 0.1) is 0 Å². The van der Waals surface area contributed by atoms with E-state index in [-0.39, 0.29) is 10.8 Å². The molecule has 1 aromatic carbocycles. The van der Waals surface area contributed by atoms with Crippen LogP contribution in [0.25, 0.3) is 0 Å². The van der Waals surface area contributed by atoms with Gasteiger partial charge in [-0.1, -0.05) is 0 Å². The quantitative estimate of drug-likeness (QED) is 0.870. The molecule has 0 atom stereocenters. The lowest BCUT2D eigenvalue weighted by Crippen LogP contribution is -2.40. The van der Waals surface area contributed by atoms with E-state index in [1.165, 1.54) is 11.2 Å². The molecule has 1 saturated heterocycles. The molecule has 1 aromatic rings. The van der Waals surface area contributed by atoms with Crippen LogP contribution in [0.4, 0.5) is 5.69 Å². The smallest absolute Gasteiger partial charge is 0.243 e. The predicted molar refractivity (Wildman–Crippen MR) is 82.2 cm³/mol. The Morgan fingerprint density at radius 1 is 1.23 bits per heavy atom. The van der Waals surface area contributed by atoms with Crippen LogP contribution in [0.15, 0.2) is 23.1 Å². The monoisotopic (exact) mass is 324 g/mol. The highest BCUT2D eigenvalue weighted by molar-refractivity contribution is 7.89. The lowest BCUT2D eigenvalue weighted by atomic mass is 10.1. The van der Waals surface area contributed by atoms with Crippen LogP contribution in [-0.2, 0) is 21.2 Å². The Morgan fingerprint density at radius 2 is 1.91 bits per heavy atom. The summed E-state index contributed by atoms with van der Waals surface area (Å²) < 4.78 is 26.8. The van der Waals surface area contributed by atoms with Crippen molar-refractivity contribution in [2.45, 2.75) is 37.2 Å². The Bertz CT molecular complexity index is 693. The Morgan fingerprint density at radius 3 is 2.55 bits per heavy atom. The van der Waals surface area contributed by atoms with Crippen LogP contribution in [0.1, 0.15) is 25.3 Å². The highest BCUT2D eigenvalue weighted by Crippen LogP contribution is 2.31. The fourth-order valence-corrected chi connectivity index (χ4v) is 4.62. The molecule has 3 rings (SSSR count). The third-order valence-electron chi connectivity index (χ3n) is 4.39. The van der Waals surface area contributed by atoms with Gasteiger partial charge < -0.3 is 10.0 Å². The number of sulfonamides is 1. The third-order valence-corrected chi connectivity index (χ3v) is 6.28. The molecule has 120 valence electrons. The van der Waals surface area contributed by atoms with Crippen LogP contribution in [0.2, 0.25) is 0 Å². The summed E-state index contributed by atoms with van der Waals surface area (Å²) in [4.78, 5) is 13.5. The van der Waals surface area contributed by atoms with E-state index >= 15 is 0 Å². The Kier molecular flexibility index (Phi) is 3.96. The van der Waals surface area contributed by atoms with Gasteiger partial charge in [-0.2, -0.15) is 4.31 Å². The van der Waals surface area contributed by atoms with Gasteiger partial charge in [0, 0.05) is 32.2 Å². The summed E-state index contributed by atoms with van der Waals surface area (Å²) in [5, 5.41) is 9.51. The number of nitrogens with zero attached hydrogens (tertiary/aromatic N) is 2. The zero-order valence-electron chi connectivity index (χ0n) is 12.5. The zero-order valence-corrected chi connectivity index (χ0v) is 13.3. The molecule has 2 aliphatic rings. The van der Waals surface area contributed by atoms with E-state index in [2.05, 4.69) is 0 Å². The van der Waals surface area contributed by atoms with E-state index in [4.69, 9.17) is 0 Å². The number of anilines is 1. The second-order valence-electron chi connectivity index (χ2n) is 5.85.